The number of aryl methyl sites for hydroxylation is 2. The van der Waals surface area contributed by atoms with E-state index in [1.807, 2.05) is 37.3 Å². The predicted octanol–water partition coefficient (Wildman–Crippen LogP) is 2.50. The average molecular weight is 216 g/mol. The molecule has 0 bridgehead atoms. The van der Waals surface area contributed by atoms with Crippen molar-refractivity contribution in [3.8, 4) is 11.8 Å². The maximum absolute atomic E-state index is 5.84. The molecule has 17 heavy (non-hydrogen) atoms. The van der Waals surface area contributed by atoms with E-state index in [0.717, 1.165) is 22.2 Å². The van der Waals surface area contributed by atoms with Crippen LogP contribution in [0, 0.1) is 25.7 Å². The van der Waals surface area contributed by atoms with Crippen molar-refractivity contribution in [1.29, 1.82) is 0 Å². The van der Waals surface area contributed by atoms with Crippen LogP contribution >= 0.6 is 0 Å². The first-order valence-corrected chi connectivity index (χ1v) is 5.60. The quantitative estimate of drug-likeness (QED) is 0.468. The monoisotopic (exact) mass is 216 g/mol. The van der Waals surface area contributed by atoms with Gasteiger partial charge < -0.3 is 0 Å². The SMILES string of the molecule is [B]c1cc(C#Cc2ccc(C)cc2)ccc1C. The van der Waals surface area contributed by atoms with Crippen molar-refractivity contribution in [2.45, 2.75) is 13.8 Å². The Morgan fingerprint density at radius 3 is 2.06 bits per heavy atom. The van der Waals surface area contributed by atoms with Gasteiger partial charge in [0.05, 0.1) is 0 Å². The summed E-state index contributed by atoms with van der Waals surface area (Å²) in [5.74, 6) is 6.25. The van der Waals surface area contributed by atoms with Crippen molar-refractivity contribution >= 4 is 13.3 Å². The summed E-state index contributed by atoms with van der Waals surface area (Å²) >= 11 is 0. The summed E-state index contributed by atoms with van der Waals surface area (Å²) in [7, 11) is 5.84. The van der Waals surface area contributed by atoms with E-state index >= 15 is 0 Å². The molecule has 0 aliphatic carbocycles. The van der Waals surface area contributed by atoms with Crippen LogP contribution < -0.4 is 5.46 Å². The number of hydrogen-bond acceptors (Lipinski definition) is 0. The molecule has 0 N–H and O–H groups in total. The van der Waals surface area contributed by atoms with Crippen LogP contribution in [0.4, 0.5) is 0 Å². The molecule has 0 heterocycles. The van der Waals surface area contributed by atoms with E-state index in [2.05, 4.69) is 30.9 Å². The summed E-state index contributed by atoms with van der Waals surface area (Å²) in [4.78, 5) is 0. The molecule has 0 fully saturated rings. The first kappa shape index (κ1) is 11.5. The van der Waals surface area contributed by atoms with Gasteiger partial charge in [-0.15, -0.1) is 0 Å². The van der Waals surface area contributed by atoms with Crippen LogP contribution in [0.3, 0.4) is 0 Å². The highest BCUT2D eigenvalue weighted by Gasteiger charge is 1.92. The molecular formula is C16H13B. The van der Waals surface area contributed by atoms with Gasteiger partial charge in [0.25, 0.3) is 0 Å². The van der Waals surface area contributed by atoms with E-state index in [0.29, 0.717) is 0 Å². The Bertz CT molecular complexity index is 583. The lowest BCUT2D eigenvalue weighted by atomic mass is 9.90. The molecule has 2 aromatic rings. The third-order valence-electron chi connectivity index (χ3n) is 2.68. The second-order valence-corrected chi connectivity index (χ2v) is 4.19. The van der Waals surface area contributed by atoms with Gasteiger partial charge in [0.2, 0.25) is 0 Å². The Morgan fingerprint density at radius 2 is 1.41 bits per heavy atom. The topological polar surface area (TPSA) is 0 Å². The van der Waals surface area contributed by atoms with E-state index in [4.69, 9.17) is 7.85 Å². The fraction of sp³-hybridized carbons (Fsp3) is 0.125. The van der Waals surface area contributed by atoms with Crippen molar-refractivity contribution < 1.29 is 0 Å². The minimum absolute atomic E-state index is 0.792. The van der Waals surface area contributed by atoms with Crippen molar-refractivity contribution in [2.75, 3.05) is 0 Å². The lowest BCUT2D eigenvalue weighted by Gasteiger charge is -1.99. The molecule has 0 saturated heterocycles. The largest absolute Gasteiger partial charge is 0.114 e. The molecule has 0 saturated carbocycles. The average Bonchev–Trinajstić information content (AvgIpc) is 2.33. The highest BCUT2D eigenvalue weighted by molar-refractivity contribution is 6.33. The Balaban J connectivity index is 2.26. The molecule has 0 atom stereocenters. The molecule has 0 nitrogen and oxygen atoms in total. The lowest BCUT2D eigenvalue weighted by molar-refractivity contribution is 1.46. The molecule has 2 rings (SSSR count). The van der Waals surface area contributed by atoms with Crippen LogP contribution in [0.1, 0.15) is 22.3 Å². The van der Waals surface area contributed by atoms with Crippen molar-refractivity contribution in [2.24, 2.45) is 0 Å². The number of rotatable bonds is 0. The second-order valence-electron chi connectivity index (χ2n) is 4.19. The Kier molecular flexibility index (Phi) is 3.35. The third kappa shape index (κ3) is 3.01. The summed E-state index contributed by atoms with van der Waals surface area (Å²) in [6.07, 6.45) is 0. The Morgan fingerprint density at radius 1 is 0.824 bits per heavy atom. The van der Waals surface area contributed by atoms with E-state index in [1.165, 1.54) is 5.56 Å². The number of hydrogen-bond donors (Lipinski definition) is 0. The molecular weight excluding hydrogens is 203 g/mol. The van der Waals surface area contributed by atoms with Crippen LogP contribution in [0.25, 0.3) is 0 Å². The first-order chi connectivity index (χ1) is 8.15. The predicted molar refractivity (Wildman–Crippen MR) is 73.7 cm³/mol. The van der Waals surface area contributed by atoms with Gasteiger partial charge >= 0.3 is 0 Å². The smallest absolute Gasteiger partial charge is 0.0926 e. The van der Waals surface area contributed by atoms with Crippen LogP contribution in [0.5, 0.6) is 0 Å². The first-order valence-electron chi connectivity index (χ1n) is 5.60. The highest BCUT2D eigenvalue weighted by atomic mass is 13.9. The maximum Gasteiger partial charge on any atom is 0.114 e. The minimum Gasteiger partial charge on any atom is -0.0926 e. The van der Waals surface area contributed by atoms with Gasteiger partial charge in [-0.1, -0.05) is 52.7 Å². The van der Waals surface area contributed by atoms with Gasteiger partial charge in [-0.2, -0.15) is 0 Å². The number of benzene rings is 2. The van der Waals surface area contributed by atoms with Gasteiger partial charge in [-0.25, -0.2) is 0 Å². The molecule has 0 unspecified atom stereocenters. The van der Waals surface area contributed by atoms with Gasteiger partial charge in [0, 0.05) is 11.1 Å². The summed E-state index contributed by atoms with van der Waals surface area (Å²) in [5.41, 5.74) is 5.10. The molecule has 2 radical (unpaired) electrons. The Hall–Kier alpha value is -1.94. The van der Waals surface area contributed by atoms with Crippen molar-refractivity contribution in [1.82, 2.24) is 0 Å². The second kappa shape index (κ2) is 4.93. The maximum atomic E-state index is 5.84. The van der Waals surface area contributed by atoms with Gasteiger partial charge in [0.15, 0.2) is 0 Å². The molecule has 0 spiro atoms. The molecule has 0 aromatic heterocycles. The fourth-order valence-corrected chi connectivity index (χ4v) is 1.50. The minimum atomic E-state index is 0.792. The summed E-state index contributed by atoms with van der Waals surface area (Å²) in [6, 6.07) is 14.1. The van der Waals surface area contributed by atoms with E-state index < -0.39 is 0 Å². The molecule has 0 aliphatic rings. The van der Waals surface area contributed by atoms with Crippen LogP contribution in [-0.4, -0.2) is 7.85 Å². The summed E-state index contributed by atoms with van der Waals surface area (Å²) in [6.45, 7) is 4.06. The van der Waals surface area contributed by atoms with Gasteiger partial charge in [0.1, 0.15) is 7.85 Å². The van der Waals surface area contributed by atoms with E-state index in [9.17, 15) is 0 Å². The van der Waals surface area contributed by atoms with Crippen LogP contribution in [0.15, 0.2) is 42.5 Å². The van der Waals surface area contributed by atoms with Gasteiger partial charge in [-0.3, -0.25) is 0 Å². The van der Waals surface area contributed by atoms with Gasteiger partial charge in [-0.05, 0) is 32.0 Å². The van der Waals surface area contributed by atoms with Crippen molar-refractivity contribution in [3.05, 3.63) is 64.7 Å². The molecule has 0 amide bonds. The fourth-order valence-electron chi connectivity index (χ4n) is 1.50. The molecule has 2 aromatic carbocycles. The van der Waals surface area contributed by atoms with Crippen LogP contribution in [0.2, 0.25) is 0 Å². The zero-order valence-electron chi connectivity index (χ0n) is 10.1. The molecule has 0 aliphatic heterocycles. The Labute approximate surface area is 104 Å². The normalized spacial score (nSPS) is 9.53. The molecule has 80 valence electrons. The van der Waals surface area contributed by atoms with E-state index in [-0.39, 0.29) is 0 Å². The molecule has 1 heteroatoms. The summed E-state index contributed by atoms with van der Waals surface area (Å²) < 4.78 is 0. The van der Waals surface area contributed by atoms with E-state index in [1.54, 1.807) is 0 Å². The highest BCUT2D eigenvalue weighted by Crippen LogP contribution is 2.02. The van der Waals surface area contributed by atoms with Crippen LogP contribution in [-0.2, 0) is 0 Å². The zero-order valence-corrected chi connectivity index (χ0v) is 10.1. The third-order valence-corrected chi connectivity index (χ3v) is 2.68. The standard InChI is InChI=1S/C16H13B/c1-12-3-6-14(7-4-12)9-10-15-8-5-13(2)16(17)11-15/h3-8,11H,1-2H3. The summed E-state index contributed by atoms with van der Waals surface area (Å²) in [5, 5.41) is 0. The lowest BCUT2D eigenvalue weighted by Crippen LogP contribution is -2.06. The van der Waals surface area contributed by atoms with Crippen molar-refractivity contribution in [3.63, 3.8) is 0 Å². The zero-order chi connectivity index (χ0) is 12.3.